The van der Waals surface area contributed by atoms with Crippen LogP contribution in [-0.4, -0.2) is 41.4 Å². The number of benzene rings is 3. The molecular formula is C24H24N2O. The van der Waals surface area contributed by atoms with E-state index in [2.05, 4.69) is 47.4 Å². The molecule has 0 saturated carbocycles. The fourth-order valence-electron chi connectivity index (χ4n) is 4.56. The fraction of sp³-hybridized carbons (Fsp3) is 0.292. The van der Waals surface area contributed by atoms with E-state index in [1.165, 1.54) is 16.5 Å². The van der Waals surface area contributed by atoms with E-state index in [0.717, 1.165) is 50.0 Å². The fourth-order valence-corrected chi connectivity index (χ4v) is 4.56. The predicted octanol–water partition coefficient (Wildman–Crippen LogP) is 4.11. The van der Waals surface area contributed by atoms with Crippen LogP contribution in [0.15, 0.2) is 66.7 Å². The first-order chi connectivity index (χ1) is 13.3. The van der Waals surface area contributed by atoms with Crippen LogP contribution in [0.2, 0.25) is 0 Å². The molecule has 3 aromatic rings. The highest BCUT2D eigenvalue weighted by Crippen LogP contribution is 2.26. The third kappa shape index (κ3) is 3.13. The predicted molar refractivity (Wildman–Crippen MR) is 109 cm³/mol. The summed E-state index contributed by atoms with van der Waals surface area (Å²) in [4.78, 5) is 17.6. The molecule has 0 bridgehead atoms. The molecule has 1 unspecified atom stereocenters. The number of rotatable bonds is 2. The molecule has 136 valence electrons. The van der Waals surface area contributed by atoms with Gasteiger partial charge >= 0.3 is 0 Å². The number of likely N-dealkylation sites (tertiary alicyclic amines) is 1. The van der Waals surface area contributed by atoms with Gasteiger partial charge < -0.3 is 4.90 Å². The van der Waals surface area contributed by atoms with Gasteiger partial charge in [-0.3, -0.25) is 9.69 Å². The topological polar surface area (TPSA) is 23.6 Å². The minimum atomic E-state index is 0.167. The van der Waals surface area contributed by atoms with Gasteiger partial charge in [-0.25, -0.2) is 0 Å². The van der Waals surface area contributed by atoms with Gasteiger partial charge in [-0.2, -0.15) is 0 Å². The molecule has 1 amide bonds. The molecule has 0 aromatic heterocycles. The summed E-state index contributed by atoms with van der Waals surface area (Å²) in [5, 5.41) is 2.31. The van der Waals surface area contributed by atoms with Crippen LogP contribution in [-0.2, 0) is 13.0 Å². The van der Waals surface area contributed by atoms with Crippen molar-refractivity contribution in [3.63, 3.8) is 0 Å². The molecule has 2 aliphatic rings. The highest BCUT2D eigenvalue weighted by Gasteiger charge is 2.32. The standard InChI is InChI=1S/C24H24N2O/c27-24(21-10-9-18-5-1-3-7-20(18)15-21)26-14-12-23(17-26)25-13-11-19-6-2-4-8-22(19)16-25/h1-10,15,23H,11-14,16-17H2. The molecule has 1 atom stereocenters. The van der Waals surface area contributed by atoms with E-state index < -0.39 is 0 Å². The lowest BCUT2D eigenvalue weighted by molar-refractivity contribution is 0.0773. The summed E-state index contributed by atoms with van der Waals surface area (Å²) in [6.07, 6.45) is 2.19. The van der Waals surface area contributed by atoms with Crippen LogP contribution in [0.3, 0.4) is 0 Å². The van der Waals surface area contributed by atoms with Gasteiger partial charge in [-0.1, -0.05) is 54.6 Å². The zero-order chi connectivity index (χ0) is 18.2. The highest BCUT2D eigenvalue weighted by atomic mass is 16.2. The van der Waals surface area contributed by atoms with Gasteiger partial charge in [0.1, 0.15) is 0 Å². The number of hydrogen-bond donors (Lipinski definition) is 0. The molecule has 5 rings (SSSR count). The molecule has 1 saturated heterocycles. The van der Waals surface area contributed by atoms with Crippen molar-refractivity contribution < 1.29 is 4.79 Å². The average molecular weight is 356 g/mol. The molecule has 0 aliphatic carbocycles. The first-order valence-electron chi connectivity index (χ1n) is 9.87. The summed E-state index contributed by atoms with van der Waals surface area (Å²) < 4.78 is 0. The summed E-state index contributed by atoms with van der Waals surface area (Å²) in [7, 11) is 0. The van der Waals surface area contributed by atoms with Crippen molar-refractivity contribution in [1.29, 1.82) is 0 Å². The Balaban J connectivity index is 1.29. The van der Waals surface area contributed by atoms with Crippen molar-refractivity contribution >= 4 is 16.7 Å². The van der Waals surface area contributed by atoms with Gasteiger partial charge in [-0.15, -0.1) is 0 Å². The molecular weight excluding hydrogens is 332 g/mol. The summed E-state index contributed by atoms with van der Waals surface area (Å²) >= 11 is 0. The van der Waals surface area contributed by atoms with Crippen LogP contribution in [0.25, 0.3) is 10.8 Å². The lowest BCUT2D eigenvalue weighted by Gasteiger charge is -2.33. The zero-order valence-electron chi connectivity index (χ0n) is 15.5. The average Bonchev–Trinajstić information content (AvgIpc) is 3.23. The monoisotopic (exact) mass is 356 g/mol. The largest absolute Gasteiger partial charge is 0.337 e. The number of carbonyl (C=O) groups is 1. The van der Waals surface area contributed by atoms with E-state index in [1.54, 1.807) is 0 Å². The quantitative estimate of drug-likeness (QED) is 0.690. The molecule has 0 spiro atoms. The molecule has 3 heteroatoms. The van der Waals surface area contributed by atoms with Gasteiger partial charge in [0.2, 0.25) is 0 Å². The van der Waals surface area contributed by atoms with Crippen LogP contribution in [0.4, 0.5) is 0 Å². The van der Waals surface area contributed by atoms with Gasteiger partial charge in [0.05, 0.1) is 0 Å². The molecule has 27 heavy (non-hydrogen) atoms. The Morgan fingerprint density at radius 3 is 2.52 bits per heavy atom. The van der Waals surface area contributed by atoms with Crippen molar-refractivity contribution in [3.05, 3.63) is 83.4 Å². The molecule has 0 radical (unpaired) electrons. The Bertz CT molecular complexity index is 996. The van der Waals surface area contributed by atoms with E-state index in [-0.39, 0.29) is 5.91 Å². The second-order valence-corrected chi connectivity index (χ2v) is 7.74. The Morgan fingerprint density at radius 2 is 1.63 bits per heavy atom. The normalized spacial score (nSPS) is 20.0. The third-order valence-corrected chi connectivity index (χ3v) is 6.12. The molecule has 1 fully saturated rings. The van der Waals surface area contributed by atoms with E-state index in [1.807, 2.05) is 29.2 Å². The van der Waals surface area contributed by atoms with Crippen molar-refractivity contribution in [3.8, 4) is 0 Å². The van der Waals surface area contributed by atoms with E-state index in [9.17, 15) is 4.79 Å². The first kappa shape index (κ1) is 16.5. The van der Waals surface area contributed by atoms with E-state index in [0.29, 0.717) is 6.04 Å². The maximum Gasteiger partial charge on any atom is 0.253 e. The van der Waals surface area contributed by atoms with Crippen molar-refractivity contribution in [2.75, 3.05) is 19.6 Å². The minimum absolute atomic E-state index is 0.167. The van der Waals surface area contributed by atoms with Crippen LogP contribution in [0.5, 0.6) is 0 Å². The van der Waals surface area contributed by atoms with Gasteiger partial charge in [-0.05, 0) is 46.9 Å². The number of fused-ring (bicyclic) bond motifs is 2. The maximum absolute atomic E-state index is 13.0. The molecule has 2 heterocycles. The van der Waals surface area contributed by atoms with E-state index in [4.69, 9.17) is 0 Å². The Hall–Kier alpha value is -2.65. The second kappa shape index (κ2) is 6.82. The molecule has 2 aliphatic heterocycles. The number of amides is 1. The van der Waals surface area contributed by atoms with E-state index >= 15 is 0 Å². The van der Waals surface area contributed by atoms with Crippen LogP contribution < -0.4 is 0 Å². The lowest BCUT2D eigenvalue weighted by Crippen LogP contribution is -2.41. The molecule has 3 aromatic carbocycles. The van der Waals surface area contributed by atoms with Crippen molar-refractivity contribution in [1.82, 2.24) is 9.80 Å². The summed E-state index contributed by atoms with van der Waals surface area (Å²) in [6.45, 7) is 3.81. The number of nitrogens with zero attached hydrogens (tertiary/aromatic N) is 2. The third-order valence-electron chi connectivity index (χ3n) is 6.12. The van der Waals surface area contributed by atoms with Crippen LogP contribution in [0, 0.1) is 0 Å². The second-order valence-electron chi connectivity index (χ2n) is 7.74. The maximum atomic E-state index is 13.0. The first-order valence-corrected chi connectivity index (χ1v) is 9.87. The van der Waals surface area contributed by atoms with Gasteiger partial charge in [0.25, 0.3) is 5.91 Å². The smallest absolute Gasteiger partial charge is 0.253 e. The van der Waals surface area contributed by atoms with Crippen LogP contribution >= 0.6 is 0 Å². The summed E-state index contributed by atoms with van der Waals surface area (Å²) in [5.74, 6) is 0.167. The lowest BCUT2D eigenvalue weighted by atomic mass is 9.98. The summed E-state index contributed by atoms with van der Waals surface area (Å²) in [6, 6.07) is 23.5. The minimum Gasteiger partial charge on any atom is -0.337 e. The molecule has 0 N–H and O–H groups in total. The van der Waals surface area contributed by atoms with Crippen molar-refractivity contribution in [2.45, 2.75) is 25.4 Å². The Kier molecular flexibility index (Phi) is 4.17. The molecule has 3 nitrogen and oxygen atoms in total. The zero-order valence-corrected chi connectivity index (χ0v) is 15.5. The number of hydrogen-bond acceptors (Lipinski definition) is 2. The Labute approximate surface area is 160 Å². The van der Waals surface area contributed by atoms with Crippen LogP contribution in [0.1, 0.15) is 27.9 Å². The Morgan fingerprint density at radius 1 is 0.852 bits per heavy atom. The highest BCUT2D eigenvalue weighted by molar-refractivity contribution is 5.98. The number of carbonyl (C=O) groups excluding carboxylic acids is 1. The van der Waals surface area contributed by atoms with Crippen molar-refractivity contribution in [2.24, 2.45) is 0 Å². The van der Waals surface area contributed by atoms with Gasteiger partial charge in [0.15, 0.2) is 0 Å². The SMILES string of the molecule is O=C(c1ccc2ccccc2c1)N1CCC(N2CCc3ccccc3C2)C1. The summed E-state index contributed by atoms with van der Waals surface area (Å²) in [5.41, 5.74) is 3.73. The van der Waals surface area contributed by atoms with Gasteiger partial charge in [0, 0.05) is 37.8 Å².